The van der Waals surface area contributed by atoms with Gasteiger partial charge in [0.15, 0.2) is 0 Å². The zero-order valence-corrected chi connectivity index (χ0v) is 14.3. The highest BCUT2D eigenvalue weighted by atomic mass is 32.1. The lowest BCUT2D eigenvalue weighted by atomic mass is 9.63. The van der Waals surface area contributed by atoms with Crippen molar-refractivity contribution in [1.82, 2.24) is 5.32 Å². The average Bonchev–Trinajstić information content (AvgIpc) is 2.75. The van der Waals surface area contributed by atoms with E-state index in [-0.39, 0.29) is 12.5 Å². The van der Waals surface area contributed by atoms with Gasteiger partial charge in [-0.15, -0.1) is 11.3 Å². The zero-order valence-electron chi connectivity index (χ0n) is 13.5. The van der Waals surface area contributed by atoms with E-state index in [1.165, 1.54) is 6.42 Å². The largest absolute Gasteiger partial charge is 0.481 e. The minimum absolute atomic E-state index is 0.0720. The maximum Gasteiger partial charge on any atom is 0.305 e. The van der Waals surface area contributed by atoms with Gasteiger partial charge in [-0.05, 0) is 41.5 Å². The van der Waals surface area contributed by atoms with Gasteiger partial charge in [-0.25, -0.2) is 0 Å². The second-order valence-electron chi connectivity index (χ2n) is 7.94. The maximum atomic E-state index is 11.2. The summed E-state index contributed by atoms with van der Waals surface area (Å²) in [5.41, 5.74) is 0.616. The molecule has 3 nitrogen and oxygen atoms in total. The van der Waals surface area contributed by atoms with Crippen LogP contribution < -0.4 is 5.32 Å². The van der Waals surface area contributed by atoms with Gasteiger partial charge >= 0.3 is 5.97 Å². The number of carbonyl (C=O) groups is 1. The Labute approximate surface area is 131 Å². The lowest BCUT2D eigenvalue weighted by Crippen LogP contribution is -2.45. The summed E-state index contributed by atoms with van der Waals surface area (Å²) >= 11 is 1.64. The molecule has 0 radical (unpaired) electrons. The van der Waals surface area contributed by atoms with Crippen molar-refractivity contribution in [3.63, 3.8) is 0 Å². The fourth-order valence-corrected chi connectivity index (χ4v) is 4.94. The summed E-state index contributed by atoms with van der Waals surface area (Å²) < 4.78 is 0. The summed E-state index contributed by atoms with van der Waals surface area (Å²) in [4.78, 5) is 12.3. The van der Waals surface area contributed by atoms with Crippen LogP contribution in [0.1, 0.15) is 64.3 Å². The van der Waals surface area contributed by atoms with Crippen LogP contribution in [0.15, 0.2) is 17.5 Å². The monoisotopic (exact) mass is 309 g/mol. The third-order valence-electron chi connectivity index (χ3n) is 4.26. The molecule has 1 unspecified atom stereocenters. The number of rotatable bonds is 5. The molecule has 1 saturated carbocycles. The van der Waals surface area contributed by atoms with Crippen molar-refractivity contribution in [1.29, 1.82) is 0 Å². The molecule has 2 rings (SSSR count). The van der Waals surface area contributed by atoms with Crippen molar-refractivity contribution < 1.29 is 9.90 Å². The van der Waals surface area contributed by atoms with Crippen molar-refractivity contribution in [3.05, 3.63) is 22.4 Å². The van der Waals surface area contributed by atoms with Crippen LogP contribution in [0.4, 0.5) is 0 Å². The standard InChI is InChI=1S/C17H27NO2S/c1-16(2)9-12(10-17(3,4)11-16)18-13(8-15(19)20)14-6-5-7-21-14/h5-7,12-13,18H,8-11H2,1-4H3,(H,19,20). The Balaban J connectivity index is 2.11. The quantitative estimate of drug-likeness (QED) is 0.844. The second-order valence-corrected chi connectivity index (χ2v) is 8.92. The number of carboxylic acids is 1. The molecule has 4 heteroatoms. The minimum atomic E-state index is -0.741. The van der Waals surface area contributed by atoms with E-state index in [1.807, 2.05) is 17.5 Å². The molecule has 0 bridgehead atoms. The maximum absolute atomic E-state index is 11.2. The summed E-state index contributed by atoms with van der Waals surface area (Å²) in [7, 11) is 0. The van der Waals surface area contributed by atoms with Gasteiger partial charge in [-0.1, -0.05) is 33.8 Å². The van der Waals surface area contributed by atoms with Gasteiger partial charge in [0, 0.05) is 10.9 Å². The first-order valence-corrected chi connectivity index (χ1v) is 8.56. The molecule has 1 fully saturated rings. The SMILES string of the molecule is CC1(C)CC(NC(CC(=O)O)c2cccs2)CC(C)(C)C1. The zero-order chi connectivity index (χ0) is 15.7. The fraction of sp³-hybridized carbons (Fsp3) is 0.706. The molecule has 1 aliphatic carbocycles. The van der Waals surface area contributed by atoms with Crippen molar-refractivity contribution >= 4 is 17.3 Å². The molecule has 0 spiro atoms. The van der Waals surface area contributed by atoms with E-state index in [0.29, 0.717) is 16.9 Å². The molecule has 1 aromatic rings. The van der Waals surface area contributed by atoms with E-state index in [9.17, 15) is 9.90 Å². The Morgan fingerprint density at radius 3 is 2.48 bits per heavy atom. The highest BCUT2D eigenvalue weighted by Gasteiger charge is 2.39. The van der Waals surface area contributed by atoms with E-state index in [2.05, 4.69) is 33.0 Å². The van der Waals surface area contributed by atoms with Crippen molar-refractivity contribution in [2.45, 2.75) is 65.5 Å². The second kappa shape index (κ2) is 6.09. The predicted octanol–water partition coefficient (Wildman–Crippen LogP) is 4.46. The number of hydrogen-bond donors (Lipinski definition) is 2. The van der Waals surface area contributed by atoms with E-state index >= 15 is 0 Å². The first-order valence-electron chi connectivity index (χ1n) is 7.68. The van der Waals surface area contributed by atoms with Crippen LogP contribution in [0.25, 0.3) is 0 Å². The van der Waals surface area contributed by atoms with Crippen LogP contribution >= 0.6 is 11.3 Å². The molecule has 0 aromatic carbocycles. The molecule has 2 N–H and O–H groups in total. The van der Waals surface area contributed by atoms with Gasteiger partial charge in [0.25, 0.3) is 0 Å². The van der Waals surface area contributed by atoms with E-state index in [0.717, 1.165) is 17.7 Å². The Bertz CT molecular complexity index is 463. The van der Waals surface area contributed by atoms with Gasteiger partial charge in [0.05, 0.1) is 12.5 Å². The number of carboxylic acid groups (broad SMARTS) is 1. The molecule has 0 aliphatic heterocycles. The lowest BCUT2D eigenvalue weighted by Gasteiger charge is -2.46. The lowest BCUT2D eigenvalue weighted by molar-refractivity contribution is -0.137. The van der Waals surface area contributed by atoms with Crippen LogP contribution in [-0.2, 0) is 4.79 Å². The predicted molar refractivity (Wildman–Crippen MR) is 87.6 cm³/mol. The summed E-state index contributed by atoms with van der Waals surface area (Å²) in [5.74, 6) is -0.741. The summed E-state index contributed by atoms with van der Waals surface area (Å²) in [6, 6.07) is 4.34. The summed E-state index contributed by atoms with van der Waals surface area (Å²) in [6.07, 6.45) is 3.59. The van der Waals surface area contributed by atoms with E-state index < -0.39 is 5.97 Å². The first kappa shape index (κ1) is 16.5. The van der Waals surface area contributed by atoms with Crippen LogP contribution in [0.5, 0.6) is 0 Å². The number of thiophene rings is 1. The molecule has 0 saturated heterocycles. The van der Waals surface area contributed by atoms with Crippen LogP contribution in [-0.4, -0.2) is 17.1 Å². The van der Waals surface area contributed by atoms with E-state index in [4.69, 9.17) is 0 Å². The summed E-state index contributed by atoms with van der Waals surface area (Å²) in [5, 5.41) is 14.8. The number of hydrogen-bond acceptors (Lipinski definition) is 3. The van der Waals surface area contributed by atoms with Crippen LogP contribution in [0, 0.1) is 10.8 Å². The molecule has 118 valence electrons. The minimum Gasteiger partial charge on any atom is -0.481 e. The van der Waals surface area contributed by atoms with Crippen molar-refractivity contribution in [3.8, 4) is 0 Å². The van der Waals surface area contributed by atoms with Gasteiger partial charge in [0.2, 0.25) is 0 Å². The topological polar surface area (TPSA) is 49.3 Å². The van der Waals surface area contributed by atoms with Gasteiger partial charge in [0.1, 0.15) is 0 Å². The van der Waals surface area contributed by atoms with Crippen LogP contribution in [0.3, 0.4) is 0 Å². The molecule has 1 atom stereocenters. The molecule has 1 heterocycles. The first-order chi connectivity index (χ1) is 9.67. The Morgan fingerprint density at radius 1 is 1.38 bits per heavy atom. The summed E-state index contributed by atoms with van der Waals surface area (Å²) in [6.45, 7) is 9.28. The highest BCUT2D eigenvalue weighted by Crippen LogP contribution is 2.46. The van der Waals surface area contributed by atoms with Crippen LogP contribution in [0.2, 0.25) is 0 Å². The molecule has 21 heavy (non-hydrogen) atoms. The molecular formula is C17H27NO2S. The Hall–Kier alpha value is -0.870. The third-order valence-corrected chi connectivity index (χ3v) is 5.24. The molecule has 0 amide bonds. The van der Waals surface area contributed by atoms with Gasteiger partial charge in [-0.3, -0.25) is 4.79 Å². The van der Waals surface area contributed by atoms with E-state index in [1.54, 1.807) is 11.3 Å². The van der Waals surface area contributed by atoms with Gasteiger partial charge < -0.3 is 10.4 Å². The number of nitrogens with one attached hydrogen (secondary N) is 1. The number of aliphatic carboxylic acids is 1. The highest BCUT2D eigenvalue weighted by molar-refractivity contribution is 7.10. The fourth-order valence-electron chi connectivity index (χ4n) is 4.15. The third kappa shape index (κ3) is 4.82. The Kier molecular flexibility index (Phi) is 4.79. The van der Waals surface area contributed by atoms with Crippen molar-refractivity contribution in [2.75, 3.05) is 0 Å². The molecule has 1 aromatic heterocycles. The van der Waals surface area contributed by atoms with Crippen molar-refractivity contribution in [2.24, 2.45) is 10.8 Å². The normalized spacial score (nSPS) is 22.9. The smallest absolute Gasteiger partial charge is 0.305 e. The molecule has 1 aliphatic rings. The molecular weight excluding hydrogens is 282 g/mol. The average molecular weight is 309 g/mol. The Morgan fingerprint density at radius 2 is 2.00 bits per heavy atom. The van der Waals surface area contributed by atoms with Gasteiger partial charge in [-0.2, -0.15) is 0 Å².